The van der Waals surface area contributed by atoms with Gasteiger partial charge in [-0.15, -0.1) is 0 Å². The summed E-state index contributed by atoms with van der Waals surface area (Å²) >= 11 is 1.49. The molecule has 2 aromatic rings. The number of amides is 1. The minimum absolute atomic E-state index is 0.123. The third-order valence-corrected chi connectivity index (χ3v) is 4.97. The van der Waals surface area contributed by atoms with E-state index >= 15 is 0 Å². The number of nitrogens with one attached hydrogen (secondary N) is 1. The molecule has 1 aromatic carbocycles. The molecular weight excluding hydrogens is 330 g/mol. The van der Waals surface area contributed by atoms with E-state index in [0.717, 1.165) is 0 Å². The molecule has 0 saturated heterocycles. The van der Waals surface area contributed by atoms with Crippen LogP contribution in [0.5, 0.6) is 11.5 Å². The highest BCUT2D eigenvalue weighted by Gasteiger charge is 2.26. The van der Waals surface area contributed by atoms with E-state index in [1.165, 1.54) is 24.0 Å². The predicted molar refractivity (Wildman–Crippen MR) is 88.9 cm³/mol. The lowest BCUT2D eigenvalue weighted by Crippen LogP contribution is -2.26. The number of hydrogen-bond acceptors (Lipinski definition) is 6. The molecule has 0 aliphatic carbocycles. The van der Waals surface area contributed by atoms with Crippen LogP contribution in [0.1, 0.15) is 12.5 Å². The largest absolute Gasteiger partial charge is 0.486 e. The molecule has 124 valence electrons. The summed E-state index contributed by atoms with van der Waals surface area (Å²) in [6, 6.07) is 6.54. The number of anilines is 1. The molecule has 7 nitrogen and oxygen atoms in total. The van der Waals surface area contributed by atoms with Crippen LogP contribution in [-0.4, -0.2) is 34.4 Å². The van der Waals surface area contributed by atoms with E-state index in [4.69, 9.17) is 9.47 Å². The maximum absolute atomic E-state index is 12.3. The van der Waals surface area contributed by atoms with Gasteiger partial charge in [-0.05, 0) is 12.1 Å². The fourth-order valence-electron chi connectivity index (χ4n) is 2.79. The fraction of sp³-hybridized carbons (Fsp3) is 0.312. The summed E-state index contributed by atoms with van der Waals surface area (Å²) in [6.45, 7) is 1.02. The molecule has 1 N–H and O–H groups in total. The predicted octanol–water partition coefficient (Wildman–Crippen LogP) is 1.69. The highest BCUT2D eigenvalue weighted by Crippen LogP contribution is 2.34. The normalized spacial score (nSPS) is 18.1. The third-order valence-electron chi connectivity index (χ3n) is 3.86. The van der Waals surface area contributed by atoms with Gasteiger partial charge >= 0.3 is 0 Å². The second-order valence-electron chi connectivity index (χ2n) is 5.51. The van der Waals surface area contributed by atoms with E-state index in [1.54, 1.807) is 22.8 Å². The first-order chi connectivity index (χ1) is 11.7. The molecule has 24 heavy (non-hydrogen) atoms. The second-order valence-corrected chi connectivity index (χ2v) is 6.50. The molecule has 0 saturated carbocycles. The number of rotatable bonds is 3. The molecular formula is C16H15N3O4S. The van der Waals surface area contributed by atoms with Crippen molar-refractivity contribution in [1.82, 2.24) is 9.55 Å². The van der Waals surface area contributed by atoms with E-state index in [2.05, 4.69) is 10.3 Å². The molecule has 2 aliphatic rings. The quantitative estimate of drug-likeness (QED) is 0.853. The Bertz CT molecular complexity index is 851. The van der Waals surface area contributed by atoms with Crippen molar-refractivity contribution in [3.05, 3.63) is 40.8 Å². The van der Waals surface area contributed by atoms with Crippen LogP contribution >= 0.6 is 11.8 Å². The van der Waals surface area contributed by atoms with Crippen LogP contribution in [0.2, 0.25) is 0 Å². The molecule has 0 radical (unpaired) electrons. The van der Waals surface area contributed by atoms with Crippen LogP contribution in [0.3, 0.4) is 0 Å². The lowest BCUT2D eigenvalue weighted by atomic mass is 10.2. The lowest BCUT2D eigenvalue weighted by Gasteiger charge is -2.19. The van der Waals surface area contributed by atoms with Gasteiger partial charge in [0.15, 0.2) is 16.7 Å². The van der Waals surface area contributed by atoms with Gasteiger partial charge in [-0.3, -0.25) is 14.2 Å². The van der Waals surface area contributed by atoms with Crippen molar-refractivity contribution in [2.24, 2.45) is 0 Å². The average Bonchev–Trinajstić information content (AvgIpc) is 2.99. The summed E-state index contributed by atoms with van der Waals surface area (Å²) in [5.74, 6) is 1.82. The van der Waals surface area contributed by atoms with E-state index in [0.29, 0.717) is 41.3 Å². The summed E-state index contributed by atoms with van der Waals surface area (Å²) in [5, 5.41) is 3.52. The fourth-order valence-corrected chi connectivity index (χ4v) is 3.91. The molecule has 3 heterocycles. The van der Waals surface area contributed by atoms with Crippen molar-refractivity contribution in [1.29, 1.82) is 0 Å². The summed E-state index contributed by atoms with van der Waals surface area (Å²) in [6.07, 6.45) is 1.72. The molecule has 4 rings (SSSR count). The Hall–Kier alpha value is -2.48. The zero-order valence-electron chi connectivity index (χ0n) is 12.7. The minimum Gasteiger partial charge on any atom is -0.486 e. The first kappa shape index (κ1) is 15.1. The molecule has 8 heteroatoms. The maximum Gasteiger partial charge on any atom is 0.254 e. The number of thioether (sulfide) groups is 1. The van der Waals surface area contributed by atoms with E-state index in [9.17, 15) is 9.59 Å². The van der Waals surface area contributed by atoms with Gasteiger partial charge in [0.2, 0.25) is 5.91 Å². The van der Waals surface area contributed by atoms with E-state index < -0.39 is 0 Å². The van der Waals surface area contributed by atoms with Gasteiger partial charge in [0.25, 0.3) is 5.56 Å². The molecule has 0 fully saturated rings. The lowest BCUT2D eigenvalue weighted by molar-refractivity contribution is -0.116. The average molecular weight is 345 g/mol. The van der Waals surface area contributed by atoms with Crippen molar-refractivity contribution < 1.29 is 14.3 Å². The zero-order valence-corrected chi connectivity index (χ0v) is 13.5. The Kier molecular flexibility index (Phi) is 3.89. The van der Waals surface area contributed by atoms with Gasteiger partial charge in [0.05, 0.1) is 6.04 Å². The van der Waals surface area contributed by atoms with Crippen molar-refractivity contribution in [2.75, 3.05) is 24.3 Å². The Morgan fingerprint density at radius 2 is 2.12 bits per heavy atom. The maximum atomic E-state index is 12.3. The van der Waals surface area contributed by atoms with Crippen molar-refractivity contribution in [2.45, 2.75) is 17.6 Å². The zero-order chi connectivity index (χ0) is 16.5. The molecule has 1 aromatic heterocycles. The first-order valence-corrected chi connectivity index (χ1v) is 8.59. The molecule has 2 aliphatic heterocycles. The number of hydrogen-bond donors (Lipinski definition) is 1. The summed E-state index contributed by atoms with van der Waals surface area (Å²) in [4.78, 5) is 28.5. The molecule has 0 unspecified atom stereocenters. The Balaban J connectivity index is 1.46. The van der Waals surface area contributed by atoms with Crippen molar-refractivity contribution in [3.8, 4) is 11.5 Å². The number of carbonyl (C=O) groups excluding carboxylic acids is 1. The Labute approximate surface area is 142 Å². The molecule has 0 spiro atoms. The first-order valence-electron chi connectivity index (χ1n) is 7.60. The van der Waals surface area contributed by atoms with Crippen LogP contribution in [-0.2, 0) is 4.79 Å². The number of benzene rings is 1. The number of aromatic nitrogens is 2. The van der Waals surface area contributed by atoms with Gasteiger partial charge in [0, 0.05) is 36.2 Å². The highest BCUT2D eigenvalue weighted by molar-refractivity contribution is 7.99. The van der Waals surface area contributed by atoms with Crippen LogP contribution in [0.25, 0.3) is 0 Å². The Morgan fingerprint density at radius 3 is 3.00 bits per heavy atom. The van der Waals surface area contributed by atoms with Crippen LogP contribution < -0.4 is 20.3 Å². The molecule has 1 amide bonds. The summed E-state index contributed by atoms with van der Waals surface area (Å²) < 4.78 is 12.6. The SMILES string of the molecule is O=C(C[C@H]1CSc2nccc(=O)n21)Nc1ccc2c(c1)OCCO2. The number of nitrogens with zero attached hydrogens (tertiary/aromatic N) is 2. The van der Waals surface area contributed by atoms with Crippen LogP contribution in [0, 0.1) is 0 Å². The second kappa shape index (κ2) is 6.20. The van der Waals surface area contributed by atoms with E-state index in [-0.39, 0.29) is 23.9 Å². The van der Waals surface area contributed by atoms with Crippen LogP contribution in [0.15, 0.2) is 40.4 Å². The van der Waals surface area contributed by atoms with Crippen molar-refractivity contribution >= 4 is 23.4 Å². The summed E-state index contributed by atoms with van der Waals surface area (Å²) in [7, 11) is 0. The van der Waals surface area contributed by atoms with Crippen molar-refractivity contribution in [3.63, 3.8) is 0 Å². The minimum atomic E-state index is -0.177. The topological polar surface area (TPSA) is 82.5 Å². The van der Waals surface area contributed by atoms with Gasteiger partial charge in [-0.25, -0.2) is 4.98 Å². The standard InChI is InChI=1S/C16H15N3O4S/c20-14(8-11-9-24-16-17-4-3-15(21)19(11)16)18-10-1-2-12-13(7-10)23-6-5-22-12/h1-4,7,11H,5-6,8-9H2,(H,18,20)/t11-/m0/s1. The van der Waals surface area contributed by atoms with Crippen LogP contribution in [0.4, 0.5) is 5.69 Å². The van der Waals surface area contributed by atoms with Gasteiger partial charge in [-0.1, -0.05) is 11.8 Å². The number of ether oxygens (including phenoxy) is 2. The van der Waals surface area contributed by atoms with E-state index in [1.807, 2.05) is 0 Å². The Morgan fingerprint density at radius 1 is 1.29 bits per heavy atom. The summed E-state index contributed by atoms with van der Waals surface area (Å²) in [5.41, 5.74) is 0.524. The van der Waals surface area contributed by atoms with Gasteiger partial charge in [0.1, 0.15) is 13.2 Å². The number of fused-ring (bicyclic) bond motifs is 2. The number of carbonyl (C=O) groups is 1. The highest BCUT2D eigenvalue weighted by atomic mass is 32.2. The monoisotopic (exact) mass is 345 g/mol. The third kappa shape index (κ3) is 2.84. The molecule has 1 atom stereocenters. The van der Waals surface area contributed by atoms with Gasteiger partial charge < -0.3 is 14.8 Å². The van der Waals surface area contributed by atoms with Gasteiger partial charge in [-0.2, -0.15) is 0 Å². The smallest absolute Gasteiger partial charge is 0.254 e. The molecule has 0 bridgehead atoms.